The van der Waals surface area contributed by atoms with Gasteiger partial charge in [0.15, 0.2) is 11.0 Å². The highest BCUT2D eigenvalue weighted by atomic mass is 32.2. The standard InChI is InChI=1S/C14H14N6O2S/c1-20-13(11-8-15-4-5-16-11)18-19-14(20)23-9-12(21)17-7-10-3-2-6-22-10/h2-6,8H,7,9H2,1H3,(H,17,21). The summed E-state index contributed by atoms with van der Waals surface area (Å²) in [5.74, 6) is 1.46. The van der Waals surface area contributed by atoms with E-state index in [1.54, 1.807) is 35.5 Å². The van der Waals surface area contributed by atoms with E-state index in [9.17, 15) is 4.79 Å². The third kappa shape index (κ3) is 3.75. The van der Waals surface area contributed by atoms with Crippen LogP contribution >= 0.6 is 11.8 Å². The van der Waals surface area contributed by atoms with Crippen LogP contribution in [0.1, 0.15) is 5.76 Å². The molecule has 0 aliphatic carbocycles. The van der Waals surface area contributed by atoms with Crippen molar-refractivity contribution < 1.29 is 9.21 Å². The predicted molar refractivity (Wildman–Crippen MR) is 83.3 cm³/mol. The molecule has 118 valence electrons. The Kier molecular flexibility index (Phi) is 4.67. The van der Waals surface area contributed by atoms with Crippen LogP contribution < -0.4 is 5.32 Å². The van der Waals surface area contributed by atoms with Crippen molar-refractivity contribution in [2.45, 2.75) is 11.7 Å². The van der Waals surface area contributed by atoms with Gasteiger partial charge >= 0.3 is 0 Å². The highest BCUT2D eigenvalue weighted by Crippen LogP contribution is 2.20. The van der Waals surface area contributed by atoms with E-state index in [1.165, 1.54) is 11.8 Å². The van der Waals surface area contributed by atoms with Crippen molar-refractivity contribution >= 4 is 17.7 Å². The van der Waals surface area contributed by atoms with Gasteiger partial charge in [-0.25, -0.2) is 4.98 Å². The van der Waals surface area contributed by atoms with Crippen LogP contribution in [0.4, 0.5) is 0 Å². The maximum absolute atomic E-state index is 11.8. The number of furan rings is 1. The molecule has 0 aromatic carbocycles. The SMILES string of the molecule is Cn1c(SCC(=O)NCc2ccco2)nnc1-c1cnccn1. The molecule has 0 bridgehead atoms. The molecule has 23 heavy (non-hydrogen) atoms. The van der Waals surface area contributed by atoms with Gasteiger partial charge in [0.05, 0.1) is 24.8 Å². The van der Waals surface area contributed by atoms with Crippen molar-refractivity contribution in [2.75, 3.05) is 5.75 Å². The molecule has 1 N–H and O–H groups in total. The topological polar surface area (TPSA) is 98.7 Å². The Morgan fingerprint density at radius 2 is 2.30 bits per heavy atom. The Labute approximate surface area is 136 Å². The van der Waals surface area contributed by atoms with Gasteiger partial charge in [0.25, 0.3) is 0 Å². The van der Waals surface area contributed by atoms with Crippen molar-refractivity contribution in [3.05, 3.63) is 42.7 Å². The highest BCUT2D eigenvalue weighted by Gasteiger charge is 2.13. The van der Waals surface area contributed by atoms with E-state index in [2.05, 4.69) is 25.5 Å². The van der Waals surface area contributed by atoms with E-state index < -0.39 is 0 Å². The van der Waals surface area contributed by atoms with E-state index in [-0.39, 0.29) is 11.7 Å². The largest absolute Gasteiger partial charge is 0.467 e. The summed E-state index contributed by atoms with van der Waals surface area (Å²) in [7, 11) is 1.83. The summed E-state index contributed by atoms with van der Waals surface area (Å²) >= 11 is 1.31. The molecule has 3 aromatic heterocycles. The maximum atomic E-state index is 11.8. The lowest BCUT2D eigenvalue weighted by atomic mass is 10.4. The van der Waals surface area contributed by atoms with Crippen LogP contribution in [-0.2, 0) is 18.4 Å². The van der Waals surface area contributed by atoms with Crippen LogP contribution in [0.5, 0.6) is 0 Å². The number of carbonyl (C=O) groups is 1. The van der Waals surface area contributed by atoms with Gasteiger partial charge in [-0.3, -0.25) is 9.78 Å². The molecule has 0 saturated heterocycles. The number of carbonyl (C=O) groups excluding carboxylic acids is 1. The number of rotatable bonds is 6. The zero-order valence-electron chi connectivity index (χ0n) is 12.3. The van der Waals surface area contributed by atoms with E-state index in [0.29, 0.717) is 29.0 Å². The average Bonchev–Trinajstić information content (AvgIpc) is 3.22. The molecule has 3 heterocycles. The molecule has 0 radical (unpaired) electrons. The number of aromatic nitrogens is 5. The fraction of sp³-hybridized carbons (Fsp3) is 0.214. The zero-order valence-corrected chi connectivity index (χ0v) is 13.2. The first-order valence-corrected chi connectivity index (χ1v) is 7.80. The van der Waals surface area contributed by atoms with Gasteiger partial charge in [0.2, 0.25) is 5.91 Å². The number of hydrogen-bond donors (Lipinski definition) is 1. The number of amides is 1. The van der Waals surface area contributed by atoms with Crippen LogP contribution in [0.15, 0.2) is 46.6 Å². The Morgan fingerprint density at radius 1 is 1.39 bits per heavy atom. The van der Waals surface area contributed by atoms with Gasteiger partial charge in [0, 0.05) is 19.4 Å². The van der Waals surface area contributed by atoms with E-state index in [4.69, 9.17) is 4.42 Å². The molecule has 8 nitrogen and oxygen atoms in total. The Balaban J connectivity index is 1.56. The normalized spacial score (nSPS) is 10.7. The first kappa shape index (κ1) is 15.2. The predicted octanol–water partition coefficient (Wildman–Crippen LogP) is 1.27. The van der Waals surface area contributed by atoms with Crippen molar-refractivity contribution in [1.82, 2.24) is 30.0 Å². The average molecular weight is 330 g/mol. The Hall–Kier alpha value is -2.68. The second-order valence-electron chi connectivity index (χ2n) is 4.60. The number of hydrogen-bond acceptors (Lipinski definition) is 7. The summed E-state index contributed by atoms with van der Waals surface area (Å²) in [5, 5.41) is 11.6. The molecule has 0 unspecified atom stereocenters. The van der Waals surface area contributed by atoms with Crippen molar-refractivity contribution in [3.63, 3.8) is 0 Å². The summed E-state index contributed by atoms with van der Waals surface area (Å²) in [6.07, 6.45) is 6.39. The molecular formula is C14H14N6O2S. The zero-order chi connectivity index (χ0) is 16.1. The third-order valence-electron chi connectivity index (χ3n) is 3.00. The molecule has 1 amide bonds. The number of nitrogens with one attached hydrogen (secondary N) is 1. The fourth-order valence-corrected chi connectivity index (χ4v) is 2.60. The quantitative estimate of drug-likeness (QED) is 0.680. The summed E-state index contributed by atoms with van der Waals surface area (Å²) in [5.41, 5.74) is 0.636. The second-order valence-corrected chi connectivity index (χ2v) is 5.54. The lowest BCUT2D eigenvalue weighted by Crippen LogP contribution is -2.24. The molecule has 3 rings (SSSR count). The van der Waals surface area contributed by atoms with Gasteiger partial charge in [-0.05, 0) is 12.1 Å². The maximum Gasteiger partial charge on any atom is 0.230 e. The lowest BCUT2D eigenvalue weighted by Gasteiger charge is -2.04. The van der Waals surface area contributed by atoms with Gasteiger partial charge in [-0.2, -0.15) is 0 Å². The van der Waals surface area contributed by atoms with Crippen LogP contribution in [-0.4, -0.2) is 36.4 Å². The molecule has 0 aliphatic rings. The van der Waals surface area contributed by atoms with Crippen LogP contribution in [0, 0.1) is 0 Å². The Morgan fingerprint density at radius 3 is 3.04 bits per heavy atom. The molecule has 0 fully saturated rings. The molecule has 0 aliphatic heterocycles. The first-order chi connectivity index (χ1) is 11.2. The number of thioether (sulfide) groups is 1. The molecule has 0 saturated carbocycles. The fourth-order valence-electron chi connectivity index (χ4n) is 1.86. The van der Waals surface area contributed by atoms with Gasteiger partial charge in [-0.15, -0.1) is 10.2 Å². The van der Waals surface area contributed by atoms with Crippen molar-refractivity contribution in [2.24, 2.45) is 7.05 Å². The molecule has 0 spiro atoms. The third-order valence-corrected chi connectivity index (χ3v) is 4.02. The van der Waals surface area contributed by atoms with Crippen LogP contribution in [0.25, 0.3) is 11.5 Å². The highest BCUT2D eigenvalue weighted by molar-refractivity contribution is 7.99. The summed E-state index contributed by atoms with van der Waals surface area (Å²) in [4.78, 5) is 20.0. The summed E-state index contributed by atoms with van der Waals surface area (Å²) in [6.45, 7) is 0.371. The lowest BCUT2D eigenvalue weighted by molar-refractivity contribution is -0.118. The van der Waals surface area contributed by atoms with E-state index in [1.807, 2.05) is 13.1 Å². The van der Waals surface area contributed by atoms with Gasteiger partial charge in [0.1, 0.15) is 11.5 Å². The van der Waals surface area contributed by atoms with Gasteiger partial charge < -0.3 is 14.3 Å². The van der Waals surface area contributed by atoms with E-state index >= 15 is 0 Å². The molecule has 3 aromatic rings. The monoisotopic (exact) mass is 330 g/mol. The van der Waals surface area contributed by atoms with Crippen molar-refractivity contribution in [1.29, 1.82) is 0 Å². The summed E-state index contributed by atoms with van der Waals surface area (Å²) in [6, 6.07) is 3.59. The molecule has 9 heteroatoms. The van der Waals surface area contributed by atoms with Crippen molar-refractivity contribution in [3.8, 4) is 11.5 Å². The van der Waals surface area contributed by atoms with Gasteiger partial charge in [-0.1, -0.05) is 11.8 Å². The first-order valence-electron chi connectivity index (χ1n) is 6.81. The molecule has 0 atom stereocenters. The summed E-state index contributed by atoms with van der Waals surface area (Å²) < 4.78 is 6.94. The Bertz CT molecular complexity index is 772. The minimum Gasteiger partial charge on any atom is -0.467 e. The van der Waals surface area contributed by atoms with Crippen LogP contribution in [0.3, 0.4) is 0 Å². The molecular weight excluding hydrogens is 316 g/mol. The van der Waals surface area contributed by atoms with Crippen LogP contribution in [0.2, 0.25) is 0 Å². The van der Waals surface area contributed by atoms with E-state index in [0.717, 1.165) is 0 Å². The minimum atomic E-state index is -0.101. The smallest absolute Gasteiger partial charge is 0.230 e. The minimum absolute atomic E-state index is 0.101. The second kappa shape index (κ2) is 7.05. The number of nitrogens with zero attached hydrogens (tertiary/aromatic N) is 5.